The van der Waals surface area contributed by atoms with Gasteiger partial charge in [0.05, 0.1) is 6.10 Å². The summed E-state index contributed by atoms with van der Waals surface area (Å²) in [5.74, 6) is 1.18. The van der Waals surface area contributed by atoms with Gasteiger partial charge in [0.2, 0.25) is 0 Å². The Hall–Kier alpha value is -1.55. The Morgan fingerprint density at radius 1 is 1.24 bits per heavy atom. The van der Waals surface area contributed by atoms with Gasteiger partial charge in [0, 0.05) is 25.6 Å². The first-order valence-corrected chi connectivity index (χ1v) is 8.03. The molecule has 1 saturated carbocycles. The third kappa shape index (κ3) is 5.38. The number of guanidine groups is 1. The highest BCUT2D eigenvalue weighted by Crippen LogP contribution is 2.25. The van der Waals surface area contributed by atoms with Gasteiger partial charge < -0.3 is 15.7 Å². The summed E-state index contributed by atoms with van der Waals surface area (Å²) in [6.45, 7) is 4.49. The quantitative estimate of drug-likeness (QED) is 0.554. The molecular formula is C17H27N3O. The van der Waals surface area contributed by atoms with Crippen molar-refractivity contribution in [3.05, 3.63) is 35.9 Å². The summed E-state index contributed by atoms with van der Waals surface area (Å²) in [7, 11) is 0. The zero-order chi connectivity index (χ0) is 14.9. The predicted molar refractivity (Wildman–Crippen MR) is 87.5 cm³/mol. The molecule has 0 spiro atoms. The Morgan fingerprint density at radius 3 is 2.71 bits per heavy atom. The molecular weight excluding hydrogens is 262 g/mol. The van der Waals surface area contributed by atoms with Crippen LogP contribution >= 0.6 is 0 Å². The molecule has 4 nitrogen and oxygen atoms in total. The number of aliphatic imine (C=N–C) groups is 1. The summed E-state index contributed by atoms with van der Waals surface area (Å²) in [6.07, 6.45) is 3.96. The van der Waals surface area contributed by atoms with Crippen LogP contribution in [0.3, 0.4) is 0 Å². The van der Waals surface area contributed by atoms with E-state index in [4.69, 9.17) is 0 Å². The summed E-state index contributed by atoms with van der Waals surface area (Å²) in [5, 5.41) is 16.5. The van der Waals surface area contributed by atoms with Crippen molar-refractivity contribution in [2.75, 3.05) is 19.6 Å². The summed E-state index contributed by atoms with van der Waals surface area (Å²) in [6, 6.07) is 10.4. The van der Waals surface area contributed by atoms with E-state index < -0.39 is 0 Å². The number of nitrogens with one attached hydrogen (secondary N) is 2. The van der Waals surface area contributed by atoms with Gasteiger partial charge in [-0.1, -0.05) is 36.8 Å². The average Bonchev–Trinajstić information content (AvgIpc) is 2.91. The summed E-state index contributed by atoms with van der Waals surface area (Å²) >= 11 is 0. The second kappa shape index (κ2) is 8.67. The van der Waals surface area contributed by atoms with Crippen LogP contribution in [-0.4, -0.2) is 36.8 Å². The molecule has 0 heterocycles. The van der Waals surface area contributed by atoms with Gasteiger partial charge in [0.15, 0.2) is 5.96 Å². The van der Waals surface area contributed by atoms with Gasteiger partial charge in [-0.15, -0.1) is 0 Å². The number of benzene rings is 1. The van der Waals surface area contributed by atoms with Crippen molar-refractivity contribution >= 4 is 5.96 Å². The molecule has 2 unspecified atom stereocenters. The van der Waals surface area contributed by atoms with E-state index >= 15 is 0 Å². The molecule has 1 aliphatic rings. The van der Waals surface area contributed by atoms with E-state index in [-0.39, 0.29) is 6.10 Å². The van der Waals surface area contributed by atoms with Crippen LogP contribution < -0.4 is 10.6 Å². The van der Waals surface area contributed by atoms with Crippen molar-refractivity contribution in [1.82, 2.24) is 10.6 Å². The Bertz CT molecular complexity index is 433. The maximum atomic E-state index is 9.85. The minimum Gasteiger partial charge on any atom is -0.393 e. The van der Waals surface area contributed by atoms with E-state index in [0.29, 0.717) is 12.5 Å². The van der Waals surface area contributed by atoms with Crippen LogP contribution in [0.25, 0.3) is 0 Å². The van der Waals surface area contributed by atoms with E-state index in [9.17, 15) is 5.11 Å². The Morgan fingerprint density at radius 2 is 2.05 bits per heavy atom. The number of aliphatic hydroxyl groups excluding tert-OH is 1. The monoisotopic (exact) mass is 289 g/mol. The van der Waals surface area contributed by atoms with Crippen molar-refractivity contribution in [2.24, 2.45) is 10.9 Å². The van der Waals surface area contributed by atoms with E-state index in [1.54, 1.807) is 0 Å². The molecule has 21 heavy (non-hydrogen) atoms. The van der Waals surface area contributed by atoms with Crippen LogP contribution in [0.1, 0.15) is 31.7 Å². The fourth-order valence-electron chi connectivity index (χ4n) is 2.75. The molecule has 0 saturated heterocycles. The van der Waals surface area contributed by atoms with E-state index in [1.165, 1.54) is 5.56 Å². The van der Waals surface area contributed by atoms with Gasteiger partial charge in [-0.05, 0) is 31.7 Å². The Labute approximate surface area is 127 Å². The fourth-order valence-corrected chi connectivity index (χ4v) is 2.75. The van der Waals surface area contributed by atoms with E-state index in [1.807, 2.05) is 6.07 Å². The molecule has 2 rings (SSSR count). The topological polar surface area (TPSA) is 56.7 Å². The average molecular weight is 289 g/mol. The van der Waals surface area contributed by atoms with Crippen molar-refractivity contribution < 1.29 is 5.11 Å². The minimum absolute atomic E-state index is 0.166. The molecule has 0 bridgehead atoms. The molecule has 1 fully saturated rings. The lowest BCUT2D eigenvalue weighted by molar-refractivity contribution is 0.136. The molecule has 1 aromatic rings. The SMILES string of the molecule is CCNC(=NCC1CCCC1O)NCCc1ccccc1. The third-order valence-corrected chi connectivity index (χ3v) is 4.00. The summed E-state index contributed by atoms with van der Waals surface area (Å²) in [5.41, 5.74) is 1.33. The maximum Gasteiger partial charge on any atom is 0.191 e. The zero-order valence-electron chi connectivity index (χ0n) is 12.9. The third-order valence-electron chi connectivity index (χ3n) is 4.00. The highest BCUT2D eigenvalue weighted by Gasteiger charge is 2.24. The molecule has 1 aliphatic carbocycles. The molecule has 116 valence electrons. The number of aliphatic hydroxyl groups is 1. The van der Waals surface area contributed by atoms with Crippen molar-refractivity contribution in [3.8, 4) is 0 Å². The van der Waals surface area contributed by atoms with Crippen LogP contribution in [0, 0.1) is 5.92 Å². The van der Waals surface area contributed by atoms with Crippen LogP contribution in [0.15, 0.2) is 35.3 Å². The first kappa shape index (κ1) is 15.8. The molecule has 0 amide bonds. The molecule has 1 aromatic carbocycles. The number of hydrogen-bond donors (Lipinski definition) is 3. The Kier molecular flexibility index (Phi) is 6.54. The van der Waals surface area contributed by atoms with Crippen LogP contribution in [0.4, 0.5) is 0 Å². The first-order valence-electron chi connectivity index (χ1n) is 8.03. The van der Waals surface area contributed by atoms with E-state index in [2.05, 4.69) is 46.8 Å². The van der Waals surface area contributed by atoms with Crippen LogP contribution in [0.5, 0.6) is 0 Å². The van der Waals surface area contributed by atoms with Gasteiger partial charge in [-0.25, -0.2) is 0 Å². The normalized spacial score (nSPS) is 22.3. The molecule has 2 atom stereocenters. The van der Waals surface area contributed by atoms with Gasteiger partial charge >= 0.3 is 0 Å². The second-order valence-electron chi connectivity index (χ2n) is 5.64. The molecule has 0 aliphatic heterocycles. The maximum absolute atomic E-state index is 9.85. The predicted octanol–water partition coefficient (Wildman–Crippen LogP) is 1.95. The number of hydrogen-bond acceptors (Lipinski definition) is 2. The van der Waals surface area contributed by atoms with Gasteiger partial charge in [0.1, 0.15) is 0 Å². The molecule has 0 radical (unpaired) electrons. The summed E-state index contributed by atoms with van der Waals surface area (Å²) in [4.78, 5) is 4.61. The largest absolute Gasteiger partial charge is 0.393 e. The van der Waals surface area contributed by atoms with E-state index in [0.717, 1.165) is 44.7 Å². The lowest BCUT2D eigenvalue weighted by Gasteiger charge is -2.15. The Balaban J connectivity index is 1.78. The minimum atomic E-state index is -0.166. The van der Waals surface area contributed by atoms with Gasteiger partial charge in [-0.3, -0.25) is 4.99 Å². The van der Waals surface area contributed by atoms with Crippen molar-refractivity contribution in [2.45, 2.75) is 38.7 Å². The fraction of sp³-hybridized carbons (Fsp3) is 0.588. The number of nitrogens with zero attached hydrogens (tertiary/aromatic N) is 1. The zero-order valence-corrected chi connectivity index (χ0v) is 12.9. The van der Waals surface area contributed by atoms with Gasteiger partial charge in [-0.2, -0.15) is 0 Å². The second-order valence-corrected chi connectivity index (χ2v) is 5.64. The van der Waals surface area contributed by atoms with Gasteiger partial charge in [0.25, 0.3) is 0 Å². The molecule has 4 heteroatoms. The molecule has 3 N–H and O–H groups in total. The first-order chi connectivity index (χ1) is 10.3. The lowest BCUT2D eigenvalue weighted by atomic mass is 10.1. The lowest BCUT2D eigenvalue weighted by Crippen LogP contribution is -2.39. The molecule has 0 aromatic heterocycles. The summed E-state index contributed by atoms with van der Waals surface area (Å²) < 4.78 is 0. The number of rotatable bonds is 6. The van der Waals surface area contributed by atoms with Crippen molar-refractivity contribution in [3.63, 3.8) is 0 Å². The van der Waals surface area contributed by atoms with Crippen LogP contribution in [0.2, 0.25) is 0 Å². The highest BCUT2D eigenvalue weighted by atomic mass is 16.3. The smallest absolute Gasteiger partial charge is 0.191 e. The van der Waals surface area contributed by atoms with Crippen LogP contribution in [-0.2, 0) is 6.42 Å². The standard InChI is InChI=1S/C17H27N3O/c1-2-18-17(20-13-15-9-6-10-16(15)21)19-12-11-14-7-4-3-5-8-14/h3-5,7-8,15-16,21H,2,6,9-13H2,1H3,(H2,18,19,20). The van der Waals surface area contributed by atoms with Crippen molar-refractivity contribution in [1.29, 1.82) is 0 Å². The highest BCUT2D eigenvalue weighted by molar-refractivity contribution is 5.79.